The molecule has 1 aromatic rings. The Kier molecular flexibility index (Phi) is 4.67. The van der Waals surface area contributed by atoms with Crippen LogP contribution in [0.1, 0.15) is 0 Å². The zero-order chi connectivity index (χ0) is 12.2. The summed E-state index contributed by atoms with van der Waals surface area (Å²) >= 11 is 10.7. The molecule has 0 radical (unpaired) electrons. The van der Waals surface area contributed by atoms with E-state index in [4.69, 9.17) is 37.8 Å². The average molecular weight is 286 g/mol. The number of benzene rings is 1. The molecule has 5 nitrogen and oxygen atoms in total. The molecule has 1 rings (SSSR count). The molecule has 16 heavy (non-hydrogen) atoms. The molecule has 8 heteroatoms. The number of sulfonamides is 1. The van der Waals surface area contributed by atoms with E-state index in [2.05, 4.69) is 0 Å². The predicted molar refractivity (Wildman–Crippen MR) is 60.5 cm³/mol. The van der Waals surface area contributed by atoms with Crippen molar-refractivity contribution in [1.29, 1.82) is 0 Å². The van der Waals surface area contributed by atoms with E-state index in [9.17, 15) is 8.42 Å². The molecule has 0 spiro atoms. The van der Waals surface area contributed by atoms with Gasteiger partial charge < -0.3 is 9.47 Å². The number of rotatable bonds is 5. The van der Waals surface area contributed by atoms with E-state index >= 15 is 0 Å². The molecule has 90 valence electrons. The molecule has 0 aliphatic heterocycles. The molecule has 0 unspecified atom stereocenters. The van der Waals surface area contributed by atoms with Crippen LogP contribution in [0.2, 0.25) is 0 Å². The lowest BCUT2D eigenvalue weighted by Gasteiger charge is -2.09. The second-order valence-electron chi connectivity index (χ2n) is 2.66. The number of halogens is 2. The Morgan fingerprint density at radius 3 is 2.31 bits per heavy atom. The van der Waals surface area contributed by atoms with Crippen molar-refractivity contribution in [1.82, 2.24) is 0 Å². The van der Waals surface area contributed by atoms with Crippen LogP contribution in [-0.4, -0.2) is 20.5 Å². The van der Waals surface area contributed by atoms with Crippen LogP contribution in [0.4, 0.5) is 0 Å². The molecule has 0 bridgehead atoms. The number of nitrogens with two attached hydrogens (primary N) is 1. The van der Waals surface area contributed by atoms with Crippen LogP contribution < -0.4 is 14.6 Å². The van der Waals surface area contributed by atoms with E-state index in [0.29, 0.717) is 0 Å². The third-order valence-corrected chi connectivity index (χ3v) is 2.80. The van der Waals surface area contributed by atoms with Crippen molar-refractivity contribution in [3.05, 3.63) is 18.2 Å². The highest BCUT2D eigenvalue weighted by molar-refractivity contribution is 7.89. The van der Waals surface area contributed by atoms with Gasteiger partial charge in [-0.15, -0.1) is 0 Å². The smallest absolute Gasteiger partial charge is 0.241 e. The molecular weight excluding hydrogens is 277 g/mol. The largest absolute Gasteiger partial charge is 0.478 e. The van der Waals surface area contributed by atoms with Crippen molar-refractivity contribution < 1.29 is 17.9 Å². The Hall–Kier alpha value is -0.690. The maximum Gasteiger partial charge on any atom is 0.241 e. The molecule has 0 heterocycles. The van der Waals surface area contributed by atoms with Crippen LogP contribution >= 0.6 is 23.2 Å². The minimum atomic E-state index is -3.90. The van der Waals surface area contributed by atoms with Gasteiger partial charge in [-0.3, -0.25) is 0 Å². The molecule has 0 aromatic heterocycles. The summed E-state index contributed by atoms with van der Waals surface area (Å²) in [4.78, 5) is -0.198. The summed E-state index contributed by atoms with van der Waals surface area (Å²) < 4.78 is 32.3. The third kappa shape index (κ3) is 3.41. The van der Waals surface area contributed by atoms with Gasteiger partial charge in [-0.05, 0) is 12.1 Å². The molecule has 0 aliphatic carbocycles. The maximum atomic E-state index is 11.3. The first-order chi connectivity index (χ1) is 7.49. The first-order valence-corrected chi connectivity index (χ1v) is 6.65. The summed E-state index contributed by atoms with van der Waals surface area (Å²) in [6.07, 6.45) is 0. The van der Waals surface area contributed by atoms with Crippen molar-refractivity contribution in [2.45, 2.75) is 4.90 Å². The summed E-state index contributed by atoms with van der Waals surface area (Å²) in [5, 5.41) is 5.01. The number of hydrogen-bond donors (Lipinski definition) is 1. The topological polar surface area (TPSA) is 78.6 Å². The van der Waals surface area contributed by atoms with Crippen molar-refractivity contribution in [3.63, 3.8) is 0 Å². The van der Waals surface area contributed by atoms with Crippen molar-refractivity contribution in [2.24, 2.45) is 5.14 Å². The SMILES string of the molecule is NS(=O)(=O)c1cc(OCCl)ccc1OCCl. The van der Waals surface area contributed by atoms with Gasteiger partial charge in [0.2, 0.25) is 10.0 Å². The van der Waals surface area contributed by atoms with Crippen molar-refractivity contribution in [2.75, 3.05) is 12.1 Å². The summed E-state index contributed by atoms with van der Waals surface area (Å²) in [5.41, 5.74) is 0. The van der Waals surface area contributed by atoms with Gasteiger partial charge in [-0.25, -0.2) is 13.6 Å². The quantitative estimate of drug-likeness (QED) is 0.832. The maximum absolute atomic E-state index is 11.3. The van der Waals surface area contributed by atoms with Crippen LogP contribution in [0, 0.1) is 0 Å². The summed E-state index contributed by atoms with van der Waals surface area (Å²) in [7, 11) is -3.90. The summed E-state index contributed by atoms with van der Waals surface area (Å²) in [6, 6.07) is 3.83. The van der Waals surface area contributed by atoms with Gasteiger partial charge in [-0.1, -0.05) is 23.2 Å². The minimum absolute atomic E-state index is 0.0689. The van der Waals surface area contributed by atoms with Crippen molar-refractivity contribution in [3.8, 4) is 11.5 Å². The fourth-order valence-corrected chi connectivity index (χ4v) is 1.97. The lowest BCUT2D eigenvalue weighted by Crippen LogP contribution is -2.14. The molecule has 0 fully saturated rings. The Labute approximate surface area is 103 Å². The average Bonchev–Trinajstić information content (AvgIpc) is 2.19. The van der Waals surface area contributed by atoms with Gasteiger partial charge in [-0.2, -0.15) is 0 Å². The lowest BCUT2D eigenvalue weighted by molar-refractivity contribution is 0.367. The van der Waals surface area contributed by atoms with Gasteiger partial charge in [0.25, 0.3) is 0 Å². The van der Waals surface area contributed by atoms with Crippen LogP contribution in [-0.2, 0) is 10.0 Å². The van der Waals surface area contributed by atoms with Crippen molar-refractivity contribution >= 4 is 33.2 Å². The normalized spacial score (nSPS) is 11.2. The monoisotopic (exact) mass is 285 g/mol. The Balaban J connectivity index is 3.21. The van der Waals surface area contributed by atoms with E-state index in [-0.39, 0.29) is 28.5 Å². The molecular formula is C8H9Cl2NO4S. The standard InChI is InChI=1S/C8H9Cl2NO4S/c9-4-14-6-1-2-7(15-5-10)8(3-6)16(11,12)13/h1-3H,4-5H2,(H2,11,12,13). The lowest BCUT2D eigenvalue weighted by atomic mass is 10.3. The first kappa shape index (κ1) is 13.4. The molecule has 0 saturated heterocycles. The van der Waals surface area contributed by atoms with Gasteiger partial charge in [0.05, 0.1) is 0 Å². The van der Waals surface area contributed by atoms with Gasteiger partial charge in [0, 0.05) is 6.07 Å². The molecule has 2 N–H and O–H groups in total. The Morgan fingerprint density at radius 2 is 1.81 bits per heavy atom. The number of alkyl halides is 2. The highest BCUT2D eigenvalue weighted by Crippen LogP contribution is 2.27. The van der Waals surface area contributed by atoms with Crippen LogP contribution in [0.3, 0.4) is 0 Å². The van der Waals surface area contributed by atoms with Crippen LogP contribution in [0.5, 0.6) is 11.5 Å². The van der Waals surface area contributed by atoms with E-state index in [1.54, 1.807) is 0 Å². The van der Waals surface area contributed by atoms with Gasteiger partial charge >= 0.3 is 0 Å². The molecule has 0 atom stereocenters. The zero-order valence-electron chi connectivity index (χ0n) is 8.02. The first-order valence-electron chi connectivity index (χ1n) is 4.03. The molecule has 0 aliphatic rings. The molecule has 0 amide bonds. The number of primary sulfonamides is 1. The van der Waals surface area contributed by atoms with E-state index in [1.807, 2.05) is 0 Å². The van der Waals surface area contributed by atoms with E-state index in [0.717, 1.165) is 0 Å². The van der Waals surface area contributed by atoms with Crippen LogP contribution in [0.25, 0.3) is 0 Å². The number of hydrogen-bond acceptors (Lipinski definition) is 4. The summed E-state index contributed by atoms with van der Waals surface area (Å²) in [5.74, 6) is 0.348. The third-order valence-electron chi connectivity index (χ3n) is 1.65. The van der Waals surface area contributed by atoms with Gasteiger partial charge in [0.1, 0.15) is 16.4 Å². The van der Waals surface area contributed by atoms with E-state index < -0.39 is 10.0 Å². The molecule has 1 aromatic carbocycles. The highest BCUT2D eigenvalue weighted by Gasteiger charge is 2.16. The second kappa shape index (κ2) is 5.58. The zero-order valence-corrected chi connectivity index (χ0v) is 10.3. The fraction of sp³-hybridized carbons (Fsp3) is 0.250. The molecule has 0 saturated carbocycles. The Bertz CT molecular complexity index is 463. The van der Waals surface area contributed by atoms with Gasteiger partial charge in [0.15, 0.2) is 12.1 Å². The Morgan fingerprint density at radius 1 is 1.19 bits per heavy atom. The fourth-order valence-electron chi connectivity index (χ4n) is 1.04. The highest BCUT2D eigenvalue weighted by atomic mass is 35.5. The number of ether oxygens (including phenoxy) is 2. The van der Waals surface area contributed by atoms with Crippen LogP contribution in [0.15, 0.2) is 23.1 Å². The minimum Gasteiger partial charge on any atom is -0.478 e. The predicted octanol–water partition coefficient (Wildman–Crippen LogP) is 1.48. The second-order valence-corrected chi connectivity index (χ2v) is 4.63. The summed E-state index contributed by atoms with van der Waals surface area (Å²) in [6.45, 7) is 0. The van der Waals surface area contributed by atoms with E-state index in [1.165, 1.54) is 18.2 Å².